The van der Waals surface area contributed by atoms with Gasteiger partial charge in [0.05, 0.1) is 35.9 Å². The highest BCUT2D eigenvalue weighted by Gasteiger charge is 2.26. The van der Waals surface area contributed by atoms with E-state index in [0.717, 1.165) is 31.5 Å². The summed E-state index contributed by atoms with van der Waals surface area (Å²) in [7, 11) is 3.17. The summed E-state index contributed by atoms with van der Waals surface area (Å²) in [5.74, 6) is 1.18. The maximum absolute atomic E-state index is 12.9. The molecule has 5 nitrogen and oxygen atoms in total. The Morgan fingerprint density at radius 3 is 2.68 bits per heavy atom. The van der Waals surface area contributed by atoms with E-state index in [2.05, 4.69) is 10.2 Å². The number of methoxy groups -OCH3 is 2. The molecule has 0 aromatic heterocycles. The quantitative estimate of drug-likeness (QED) is 0.721. The number of hydrogen-bond donors (Lipinski definition) is 1. The molecule has 1 heterocycles. The number of ether oxygens (including phenoxy) is 2. The van der Waals surface area contributed by atoms with Crippen LogP contribution in [0.1, 0.15) is 18.4 Å². The van der Waals surface area contributed by atoms with Gasteiger partial charge in [-0.15, -0.1) is 0 Å². The lowest BCUT2D eigenvalue weighted by Crippen LogP contribution is -2.40. The fourth-order valence-electron chi connectivity index (χ4n) is 3.46. The number of amides is 1. The van der Waals surface area contributed by atoms with Crippen LogP contribution in [0, 0.1) is 5.92 Å². The van der Waals surface area contributed by atoms with E-state index in [1.54, 1.807) is 32.4 Å². The van der Waals surface area contributed by atoms with Crippen molar-refractivity contribution >= 4 is 34.8 Å². The maximum Gasteiger partial charge on any atom is 0.228 e. The lowest BCUT2D eigenvalue weighted by atomic mass is 9.96. The molecule has 1 atom stereocenters. The lowest BCUT2D eigenvalue weighted by Gasteiger charge is -2.32. The summed E-state index contributed by atoms with van der Waals surface area (Å²) < 4.78 is 10.6. The molecule has 1 N–H and O–H groups in total. The van der Waals surface area contributed by atoms with Crippen molar-refractivity contribution in [2.45, 2.75) is 19.4 Å². The molecule has 1 aliphatic heterocycles. The third-order valence-corrected chi connectivity index (χ3v) is 5.67. The Hall–Kier alpha value is -1.95. The first kappa shape index (κ1) is 20.8. The first-order valence-corrected chi connectivity index (χ1v) is 9.95. The van der Waals surface area contributed by atoms with Crippen molar-refractivity contribution in [3.63, 3.8) is 0 Å². The molecule has 0 saturated carbocycles. The molecule has 0 bridgehead atoms. The van der Waals surface area contributed by atoms with Gasteiger partial charge in [0.15, 0.2) is 0 Å². The van der Waals surface area contributed by atoms with Crippen LogP contribution in [0.5, 0.6) is 11.5 Å². The number of likely N-dealkylation sites (tertiary alicyclic amines) is 1. The monoisotopic (exact) mass is 422 g/mol. The highest BCUT2D eigenvalue weighted by molar-refractivity contribution is 6.42. The number of anilines is 1. The van der Waals surface area contributed by atoms with Crippen molar-refractivity contribution < 1.29 is 14.3 Å². The minimum atomic E-state index is -0.0903. The van der Waals surface area contributed by atoms with Gasteiger partial charge in [-0.2, -0.15) is 0 Å². The number of rotatable bonds is 6. The normalized spacial score (nSPS) is 17.2. The maximum atomic E-state index is 12.9. The molecule has 0 aliphatic carbocycles. The summed E-state index contributed by atoms with van der Waals surface area (Å²) in [6.45, 7) is 2.38. The predicted molar refractivity (Wildman–Crippen MR) is 113 cm³/mol. The third-order valence-electron chi connectivity index (χ3n) is 4.93. The van der Waals surface area contributed by atoms with Gasteiger partial charge in [-0.3, -0.25) is 9.69 Å². The van der Waals surface area contributed by atoms with Crippen molar-refractivity contribution in [3.8, 4) is 11.5 Å². The summed E-state index contributed by atoms with van der Waals surface area (Å²) in [4.78, 5) is 15.1. The molecule has 3 rings (SSSR count). The summed E-state index contributed by atoms with van der Waals surface area (Å²) in [6.07, 6.45) is 1.82. The van der Waals surface area contributed by atoms with Gasteiger partial charge < -0.3 is 14.8 Å². The number of benzene rings is 2. The van der Waals surface area contributed by atoms with E-state index in [-0.39, 0.29) is 11.8 Å². The molecule has 150 valence electrons. The Labute approximate surface area is 175 Å². The van der Waals surface area contributed by atoms with E-state index < -0.39 is 0 Å². The zero-order chi connectivity index (χ0) is 20.1. The summed E-state index contributed by atoms with van der Waals surface area (Å²) in [6, 6.07) is 11.0. The van der Waals surface area contributed by atoms with Gasteiger partial charge in [0, 0.05) is 19.2 Å². The standard InChI is InChI=1S/C21H24Cl2N2O3/c1-27-16-6-8-20(28-2)19(11-16)24-21(26)15-4-3-9-25(13-15)12-14-5-7-17(22)18(23)10-14/h5-8,10-11,15H,3-4,9,12-13H2,1-2H3,(H,24,26). The van der Waals surface area contributed by atoms with Gasteiger partial charge in [0.25, 0.3) is 0 Å². The van der Waals surface area contributed by atoms with Gasteiger partial charge in [-0.05, 0) is 49.2 Å². The topological polar surface area (TPSA) is 50.8 Å². The van der Waals surface area contributed by atoms with Crippen molar-refractivity contribution in [3.05, 3.63) is 52.0 Å². The minimum Gasteiger partial charge on any atom is -0.497 e. The molecule has 0 radical (unpaired) electrons. The van der Waals surface area contributed by atoms with Gasteiger partial charge in [-0.25, -0.2) is 0 Å². The zero-order valence-corrected chi connectivity index (χ0v) is 17.5. The highest BCUT2D eigenvalue weighted by atomic mass is 35.5. The van der Waals surface area contributed by atoms with Crippen LogP contribution in [0.2, 0.25) is 10.0 Å². The van der Waals surface area contributed by atoms with Crippen LogP contribution < -0.4 is 14.8 Å². The number of nitrogens with one attached hydrogen (secondary N) is 1. The minimum absolute atomic E-state index is 0.00890. The Morgan fingerprint density at radius 2 is 1.96 bits per heavy atom. The smallest absolute Gasteiger partial charge is 0.228 e. The second-order valence-electron chi connectivity index (χ2n) is 6.88. The molecular formula is C21H24Cl2N2O3. The van der Waals surface area contributed by atoms with E-state index in [4.69, 9.17) is 32.7 Å². The molecule has 7 heteroatoms. The number of carbonyl (C=O) groups excluding carboxylic acids is 1. The van der Waals surface area contributed by atoms with E-state index in [1.165, 1.54) is 0 Å². The molecule has 1 fully saturated rings. The number of hydrogen-bond acceptors (Lipinski definition) is 4. The molecule has 1 saturated heterocycles. The molecule has 1 amide bonds. The summed E-state index contributed by atoms with van der Waals surface area (Å²) in [5.41, 5.74) is 1.71. The van der Waals surface area contributed by atoms with Crippen molar-refractivity contribution in [1.29, 1.82) is 0 Å². The van der Waals surface area contributed by atoms with Crippen LogP contribution in [0.25, 0.3) is 0 Å². The molecule has 28 heavy (non-hydrogen) atoms. The van der Waals surface area contributed by atoms with E-state index in [0.29, 0.717) is 33.8 Å². The Morgan fingerprint density at radius 1 is 1.14 bits per heavy atom. The largest absolute Gasteiger partial charge is 0.497 e. The molecule has 2 aromatic rings. The van der Waals surface area contributed by atoms with E-state index in [9.17, 15) is 4.79 Å². The third kappa shape index (κ3) is 5.10. The Kier molecular flexibility index (Phi) is 7.05. The first-order valence-electron chi connectivity index (χ1n) is 9.19. The van der Waals surface area contributed by atoms with Gasteiger partial charge >= 0.3 is 0 Å². The van der Waals surface area contributed by atoms with Crippen LogP contribution in [0.3, 0.4) is 0 Å². The number of nitrogens with zero attached hydrogens (tertiary/aromatic N) is 1. The number of piperidine rings is 1. The van der Waals surface area contributed by atoms with Crippen LogP contribution >= 0.6 is 23.2 Å². The van der Waals surface area contributed by atoms with Crippen LogP contribution in [0.4, 0.5) is 5.69 Å². The van der Waals surface area contributed by atoms with Crippen molar-refractivity contribution in [2.24, 2.45) is 5.92 Å². The Balaban J connectivity index is 1.65. The second kappa shape index (κ2) is 9.50. The Bertz CT molecular complexity index is 844. The predicted octanol–water partition coefficient (Wildman–Crippen LogP) is 4.86. The zero-order valence-electron chi connectivity index (χ0n) is 16.0. The fraction of sp³-hybridized carbons (Fsp3) is 0.381. The number of halogens is 2. The summed E-state index contributed by atoms with van der Waals surface area (Å²) in [5, 5.41) is 4.10. The number of carbonyl (C=O) groups is 1. The van der Waals surface area contributed by atoms with Crippen LogP contribution in [-0.4, -0.2) is 38.1 Å². The average Bonchev–Trinajstić information content (AvgIpc) is 2.71. The molecule has 1 aliphatic rings. The van der Waals surface area contributed by atoms with Gasteiger partial charge in [0.2, 0.25) is 5.91 Å². The fourth-order valence-corrected chi connectivity index (χ4v) is 3.78. The van der Waals surface area contributed by atoms with Crippen LogP contribution in [0.15, 0.2) is 36.4 Å². The van der Waals surface area contributed by atoms with E-state index in [1.807, 2.05) is 18.2 Å². The molecule has 1 unspecified atom stereocenters. The SMILES string of the molecule is COc1ccc(OC)c(NC(=O)C2CCCN(Cc3ccc(Cl)c(Cl)c3)C2)c1. The molecule has 0 spiro atoms. The first-order chi connectivity index (χ1) is 13.5. The van der Waals surface area contributed by atoms with E-state index >= 15 is 0 Å². The van der Waals surface area contributed by atoms with Gasteiger partial charge in [-0.1, -0.05) is 29.3 Å². The lowest BCUT2D eigenvalue weighted by molar-refractivity contribution is -0.121. The van der Waals surface area contributed by atoms with Crippen molar-refractivity contribution in [1.82, 2.24) is 4.90 Å². The highest BCUT2D eigenvalue weighted by Crippen LogP contribution is 2.30. The second-order valence-corrected chi connectivity index (χ2v) is 7.69. The summed E-state index contributed by atoms with van der Waals surface area (Å²) >= 11 is 12.1. The van der Waals surface area contributed by atoms with Gasteiger partial charge in [0.1, 0.15) is 11.5 Å². The van der Waals surface area contributed by atoms with Crippen molar-refractivity contribution in [2.75, 3.05) is 32.6 Å². The van der Waals surface area contributed by atoms with Crippen LogP contribution in [-0.2, 0) is 11.3 Å². The average molecular weight is 423 g/mol. The molecule has 2 aromatic carbocycles. The molecular weight excluding hydrogens is 399 g/mol.